The molecule has 0 N–H and O–H groups in total. The fraction of sp³-hybridized carbons (Fsp3) is 0.975. The standard InChI is InChI=1S/C40H70O/c1-3-5-7-9-11-13-32-15-19-34(20-16-32)36-23-27-39(28-24-36)31-40(38(39)41)29-25-37(26-30-40)35-21-17-33(18-22-35)14-12-10-8-6-4-2/h32-37H,3-31H2,1-2H3/t32?,33?,34?,35?,36-,37?,39-,40-. The zero-order chi connectivity index (χ0) is 28.5. The van der Waals surface area contributed by atoms with Gasteiger partial charge in [0, 0.05) is 10.8 Å². The second-order valence-corrected chi connectivity index (χ2v) is 16.7. The summed E-state index contributed by atoms with van der Waals surface area (Å²) in [6.45, 7) is 4.64. The molecule has 0 atom stereocenters. The van der Waals surface area contributed by atoms with Gasteiger partial charge in [0.05, 0.1) is 0 Å². The summed E-state index contributed by atoms with van der Waals surface area (Å²) in [5, 5.41) is 0. The van der Waals surface area contributed by atoms with Crippen molar-refractivity contribution in [3.05, 3.63) is 0 Å². The Balaban J connectivity index is 0.962. The Labute approximate surface area is 256 Å². The molecule has 2 spiro atoms. The summed E-state index contributed by atoms with van der Waals surface area (Å²) >= 11 is 0. The van der Waals surface area contributed by atoms with Crippen LogP contribution in [0.4, 0.5) is 0 Å². The average molecular weight is 567 g/mol. The van der Waals surface area contributed by atoms with Crippen LogP contribution in [-0.4, -0.2) is 5.78 Å². The van der Waals surface area contributed by atoms with Gasteiger partial charge in [-0.15, -0.1) is 0 Å². The van der Waals surface area contributed by atoms with E-state index in [0.717, 1.165) is 41.3 Å². The average Bonchev–Trinajstić information content (AvgIpc) is 3.02. The number of unbranched alkanes of at least 4 members (excludes halogenated alkanes) is 8. The molecule has 1 heteroatoms. The van der Waals surface area contributed by atoms with Crippen molar-refractivity contribution in [2.45, 2.75) is 200 Å². The topological polar surface area (TPSA) is 17.1 Å². The van der Waals surface area contributed by atoms with Gasteiger partial charge in [-0.2, -0.15) is 0 Å². The summed E-state index contributed by atoms with van der Waals surface area (Å²) in [5.41, 5.74) is 0.266. The zero-order valence-electron chi connectivity index (χ0n) is 27.9. The number of carbonyl (C=O) groups is 1. The van der Waals surface area contributed by atoms with E-state index in [1.807, 2.05) is 0 Å². The number of ketones is 1. The van der Waals surface area contributed by atoms with Gasteiger partial charge in [0.1, 0.15) is 5.78 Å². The summed E-state index contributed by atoms with van der Waals surface area (Å²) in [7, 11) is 0. The van der Waals surface area contributed by atoms with Crippen LogP contribution >= 0.6 is 0 Å². The van der Waals surface area contributed by atoms with Crippen molar-refractivity contribution in [3.8, 4) is 0 Å². The molecule has 0 heterocycles. The molecule has 0 unspecified atom stereocenters. The second kappa shape index (κ2) is 15.6. The summed E-state index contributed by atoms with van der Waals surface area (Å²) in [5.74, 6) is 6.68. The molecule has 0 aromatic carbocycles. The van der Waals surface area contributed by atoms with Crippen LogP contribution in [0.5, 0.6) is 0 Å². The molecule has 0 amide bonds. The Kier molecular flexibility index (Phi) is 12.2. The summed E-state index contributed by atoms with van der Waals surface area (Å²) < 4.78 is 0. The molecule has 41 heavy (non-hydrogen) atoms. The highest BCUT2D eigenvalue weighted by Crippen LogP contribution is 2.65. The van der Waals surface area contributed by atoms with Crippen LogP contribution in [0, 0.1) is 46.3 Å². The Morgan fingerprint density at radius 3 is 1.15 bits per heavy atom. The van der Waals surface area contributed by atoms with Gasteiger partial charge in [0.2, 0.25) is 0 Å². The summed E-state index contributed by atoms with van der Waals surface area (Å²) in [6, 6.07) is 0. The van der Waals surface area contributed by atoms with Crippen LogP contribution < -0.4 is 0 Å². The lowest BCUT2D eigenvalue weighted by atomic mass is 9.42. The minimum absolute atomic E-state index is 0.133. The van der Waals surface area contributed by atoms with Crippen LogP contribution in [0.25, 0.3) is 0 Å². The molecule has 0 aromatic rings. The van der Waals surface area contributed by atoms with Crippen LogP contribution in [-0.2, 0) is 4.79 Å². The van der Waals surface area contributed by atoms with Gasteiger partial charge in [-0.3, -0.25) is 4.79 Å². The normalized spacial score (nSPS) is 39.7. The fourth-order valence-corrected chi connectivity index (χ4v) is 11.4. The molecule has 5 saturated carbocycles. The molecule has 1 nitrogen and oxygen atoms in total. The molecule has 0 saturated heterocycles. The molecular weight excluding hydrogens is 496 g/mol. The number of rotatable bonds is 14. The van der Waals surface area contributed by atoms with Gasteiger partial charge >= 0.3 is 0 Å². The molecule has 5 rings (SSSR count). The van der Waals surface area contributed by atoms with Gasteiger partial charge < -0.3 is 0 Å². The molecule has 0 aromatic heterocycles. The molecule has 0 radical (unpaired) electrons. The first-order valence-corrected chi connectivity index (χ1v) is 19.6. The van der Waals surface area contributed by atoms with Crippen molar-refractivity contribution in [2.75, 3.05) is 0 Å². The van der Waals surface area contributed by atoms with E-state index in [1.54, 1.807) is 0 Å². The molecule has 5 aliphatic rings. The summed E-state index contributed by atoms with van der Waals surface area (Å²) in [4.78, 5) is 13.9. The van der Waals surface area contributed by atoms with E-state index in [1.165, 1.54) is 186 Å². The highest BCUT2D eigenvalue weighted by Gasteiger charge is 2.63. The smallest absolute Gasteiger partial charge is 0.145 e. The lowest BCUT2D eigenvalue weighted by Crippen LogP contribution is -2.60. The first kappa shape index (κ1) is 32.1. The maximum atomic E-state index is 13.9. The first-order chi connectivity index (χ1) is 20.1. The van der Waals surface area contributed by atoms with Crippen molar-refractivity contribution < 1.29 is 4.79 Å². The van der Waals surface area contributed by atoms with Crippen LogP contribution in [0.1, 0.15) is 200 Å². The third kappa shape index (κ3) is 8.04. The largest absolute Gasteiger partial charge is 0.298 e. The predicted molar refractivity (Wildman–Crippen MR) is 176 cm³/mol. The molecule has 5 aliphatic carbocycles. The quantitative estimate of drug-likeness (QED) is 0.191. The van der Waals surface area contributed by atoms with Crippen LogP contribution in [0.15, 0.2) is 0 Å². The molecule has 236 valence electrons. The Morgan fingerprint density at radius 1 is 0.463 bits per heavy atom. The SMILES string of the molecule is CCCCCCCC1CCC(C2CC[C@]3(CC2)C[C@@]2(CC[C@H](C4CCC(CCCCCCC)CC4)CC2)C3=O)CC1. The molecule has 5 fully saturated rings. The number of hydrogen-bond acceptors (Lipinski definition) is 1. The second-order valence-electron chi connectivity index (χ2n) is 16.7. The third-order valence-electron chi connectivity index (χ3n) is 14.2. The van der Waals surface area contributed by atoms with E-state index < -0.39 is 0 Å². The monoisotopic (exact) mass is 567 g/mol. The Hall–Kier alpha value is -0.330. The molecule has 0 aliphatic heterocycles. The number of carbonyl (C=O) groups excluding carboxylic acids is 1. The minimum atomic E-state index is 0.133. The Morgan fingerprint density at radius 2 is 0.805 bits per heavy atom. The van der Waals surface area contributed by atoms with Gasteiger partial charge in [-0.25, -0.2) is 0 Å². The molecule has 0 bridgehead atoms. The van der Waals surface area contributed by atoms with E-state index in [0.29, 0.717) is 0 Å². The van der Waals surface area contributed by atoms with Crippen molar-refractivity contribution in [1.82, 2.24) is 0 Å². The van der Waals surface area contributed by atoms with Crippen LogP contribution in [0.2, 0.25) is 0 Å². The summed E-state index contributed by atoms with van der Waals surface area (Å²) in [6.07, 6.45) is 41.2. The van der Waals surface area contributed by atoms with Gasteiger partial charge in [-0.05, 0) is 119 Å². The van der Waals surface area contributed by atoms with Gasteiger partial charge in [0.25, 0.3) is 0 Å². The Bertz CT molecular complexity index is 688. The lowest BCUT2D eigenvalue weighted by Gasteiger charge is -2.60. The van der Waals surface area contributed by atoms with Crippen molar-refractivity contribution in [3.63, 3.8) is 0 Å². The van der Waals surface area contributed by atoms with Crippen LogP contribution in [0.3, 0.4) is 0 Å². The van der Waals surface area contributed by atoms with E-state index in [4.69, 9.17) is 0 Å². The number of hydrogen-bond donors (Lipinski definition) is 0. The number of Topliss-reactive ketones (excluding diaryl/α,β-unsaturated/α-hetero) is 1. The highest BCUT2D eigenvalue weighted by molar-refractivity contribution is 5.96. The fourth-order valence-electron chi connectivity index (χ4n) is 11.4. The predicted octanol–water partition coefficient (Wildman–Crippen LogP) is 12.6. The van der Waals surface area contributed by atoms with Crippen molar-refractivity contribution in [1.29, 1.82) is 0 Å². The first-order valence-electron chi connectivity index (χ1n) is 19.6. The third-order valence-corrected chi connectivity index (χ3v) is 14.2. The minimum Gasteiger partial charge on any atom is -0.298 e. The maximum absolute atomic E-state index is 13.9. The van der Waals surface area contributed by atoms with Gasteiger partial charge in [-0.1, -0.05) is 117 Å². The van der Waals surface area contributed by atoms with E-state index in [-0.39, 0.29) is 10.8 Å². The lowest BCUT2D eigenvalue weighted by molar-refractivity contribution is -0.170. The molecular formula is C40H70O. The maximum Gasteiger partial charge on any atom is 0.145 e. The van der Waals surface area contributed by atoms with E-state index in [9.17, 15) is 4.79 Å². The van der Waals surface area contributed by atoms with Crippen molar-refractivity contribution >= 4 is 5.78 Å². The zero-order valence-corrected chi connectivity index (χ0v) is 27.9. The van der Waals surface area contributed by atoms with Gasteiger partial charge in [0.15, 0.2) is 0 Å². The highest BCUT2D eigenvalue weighted by atomic mass is 16.1. The van der Waals surface area contributed by atoms with Crippen molar-refractivity contribution in [2.24, 2.45) is 46.3 Å². The van der Waals surface area contributed by atoms with E-state index >= 15 is 0 Å². The van der Waals surface area contributed by atoms with E-state index in [2.05, 4.69) is 13.8 Å².